The van der Waals surface area contributed by atoms with Crippen molar-refractivity contribution in [2.45, 2.75) is 52.1 Å². The zero-order valence-electron chi connectivity index (χ0n) is 14.7. The first-order chi connectivity index (χ1) is 11.8. The van der Waals surface area contributed by atoms with Crippen molar-refractivity contribution in [1.29, 1.82) is 0 Å². The standard InChI is InChI=1S/C19H27N5/c1-3-17-12-8-9-13-24(17)18-14-20-22-19(21-18)23(4-2)15-16-10-6-5-7-11-16/h5-7,10-11,14,17H,3-4,8-9,12-13,15H2,1-2H3. The number of rotatable bonds is 6. The van der Waals surface area contributed by atoms with Gasteiger partial charge >= 0.3 is 0 Å². The molecule has 1 aliphatic rings. The van der Waals surface area contributed by atoms with Gasteiger partial charge in [-0.05, 0) is 38.2 Å². The highest BCUT2D eigenvalue weighted by Crippen LogP contribution is 2.25. The van der Waals surface area contributed by atoms with E-state index in [0.29, 0.717) is 6.04 Å². The van der Waals surface area contributed by atoms with Gasteiger partial charge in [0.2, 0.25) is 5.95 Å². The highest BCUT2D eigenvalue weighted by molar-refractivity contribution is 5.43. The summed E-state index contributed by atoms with van der Waals surface area (Å²) in [6, 6.07) is 11.0. The Morgan fingerprint density at radius 2 is 2.00 bits per heavy atom. The maximum absolute atomic E-state index is 4.84. The van der Waals surface area contributed by atoms with Crippen LogP contribution < -0.4 is 9.80 Å². The third-order valence-electron chi connectivity index (χ3n) is 4.81. The van der Waals surface area contributed by atoms with Crippen LogP contribution in [0.25, 0.3) is 0 Å². The van der Waals surface area contributed by atoms with Gasteiger partial charge < -0.3 is 9.80 Å². The van der Waals surface area contributed by atoms with Gasteiger partial charge in [-0.15, -0.1) is 5.10 Å². The molecule has 5 nitrogen and oxygen atoms in total. The van der Waals surface area contributed by atoms with Gasteiger partial charge in [0.25, 0.3) is 0 Å². The second kappa shape index (κ2) is 8.08. The van der Waals surface area contributed by atoms with Crippen LogP contribution in [0.5, 0.6) is 0 Å². The summed E-state index contributed by atoms with van der Waals surface area (Å²) in [4.78, 5) is 9.43. The van der Waals surface area contributed by atoms with Crippen LogP contribution in [-0.4, -0.2) is 34.3 Å². The number of aromatic nitrogens is 3. The first-order valence-corrected chi connectivity index (χ1v) is 9.07. The number of hydrogen-bond acceptors (Lipinski definition) is 5. The van der Waals surface area contributed by atoms with Gasteiger partial charge in [0.15, 0.2) is 5.82 Å². The molecule has 0 amide bonds. The van der Waals surface area contributed by atoms with Crippen LogP contribution >= 0.6 is 0 Å². The Balaban J connectivity index is 1.80. The third kappa shape index (κ3) is 3.83. The molecule has 2 aromatic rings. The molecule has 0 aliphatic carbocycles. The van der Waals surface area contributed by atoms with Crippen molar-refractivity contribution in [3.63, 3.8) is 0 Å². The van der Waals surface area contributed by atoms with Crippen LogP contribution in [0.3, 0.4) is 0 Å². The molecule has 1 aliphatic heterocycles. The predicted octanol–water partition coefficient (Wildman–Crippen LogP) is 3.67. The minimum atomic E-state index is 0.576. The summed E-state index contributed by atoms with van der Waals surface area (Å²) in [5.74, 6) is 1.69. The Bertz CT molecular complexity index is 631. The fourth-order valence-electron chi connectivity index (χ4n) is 3.41. The number of piperidine rings is 1. The van der Waals surface area contributed by atoms with Gasteiger partial charge in [0.1, 0.15) is 0 Å². The molecule has 1 saturated heterocycles. The summed E-state index contributed by atoms with van der Waals surface area (Å²) in [5, 5.41) is 8.53. The summed E-state index contributed by atoms with van der Waals surface area (Å²) in [7, 11) is 0. The highest BCUT2D eigenvalue weighted by Gasteiger charge is 2.23. The molecule has 24 heavy (non-hydrogen) atoms. The van der Waals surface area contributed by atoms with Crippen LogP contribution in [0.1, 0.15) is 45.1 Å². The normalized spacial score (nSPS) is 17.8. The molecular formula is C19H27N5. The molecule has 3 rings (SSSR count). The van der Waals surface area contributed by atoms with E-state index in [9.17, 15) is 0 Å². The van der Waals surface area contributed by atoms with Crippen molar-refractivity contribution in [2.24, 2.45) is 0 Å². The molecule has 0 spiro atoms. The minimum Gasteiger partial charge on any atom is -0.352 e. The van der Waals surface area contributed by atoms with Crippen LogP contribution in [0, 0.1) is 0 Å². The molecule has 0 bridgehead atoms. The fraction of sp³-hybridized carbons (Fsp3) is 0.526. The van der Waals surface area contributed by atoms with Crippen LogP contribution in [0.15, 0.2) is 36.5 Å². The maximum atomic E-state index is 4.84. The lowest BCUT2D eigenvalue weighted by molar-refractivity contribution is 0.446. The van der Waals surface area contributed by atoms with Crippen molar-refractivity contribution < 1.29 is 0 Å². The topological polar surface area (TPSA) is 45.2 Å². The fourth-order valence-corrected chi connectivity index (χ4v) is 3.41. The molecule has 1 unspecified atom stereocenters. The number of nitrogens with zero attached hydrogens (tertiary/aromatic N) is 5. The Kier molecular flexibility index (Phi) is 5.62. The quantitative estimate of drug-likeness (QED) is 0.811. The van der Waals surface area contributed by atoms with E-state index in [1.54, 1.807) is 0 Å². The average Bonchev–Trinajstić information content (AvgIpc) is 2.67. The Labute approximate surface area is 144 Å². The monoisotopic (exact) mass is 325 g/mol. The number of hydrogen-bond donors (Lipinski definition) is 0. The highest BCUT2D eigenvalue weighted by atomic mass is 15.4. The van der Waals surface area contributed by atoms with Gasteiger partial charge in [-0.1, -0.05) is 37.3 Å². The van der Waals surface area contributed by atoms with E-state index >= 15 is 0 Å². The lowest BCUT2D eigenvalue weighted by Gasteiger charge is -2.36. The molecule has 1 aromatic heterocycles. The Morgan fingerprint density at radius 1 is 1.17 bits per heavy atom. The Morgan fingerprint density at radius 3 is 2.75 bits per heavy atom. The second-order valence-corrected chi connectivity index (χ2v) is 6.37. The largest absolute Gasteiger partial charge is 0.352 e. The second-order valence-electron chi connectivity index (χ2n) is 6.37. The smallest absolute Gasteiger partial charge is 0.247 e. The van der Waals surface area contributed by atoms with Crippen LogP contribution in [-0.2, 0) is 6.54 Å². The Hall–Kier alpha value is -2.17. The summed E-state index contributed by atoms with van der Waals surface area (Å²) in [6.07, 6.45) is 6.76. The van der Waals surface area contributed by atoms with E-state index in [2.05, 4.69) is 58.1 Å². The van der Waals surface area contributed by atoms with Crippen molar-refractivity contribution in [3.05, 3.63) is 42.1 Å². The van der Waals surface area contributed by atoms with E-state index in [-0.39, 0.29) is 0 Å². The van der Waals surface area contributed by atoms with Crippen molar-refractivity contribution in [3.8, 4) is 0 Å². The summed E-state index contributed by atoms with van der Waals surface area (Å²) >= 11 is 0. The lowest BCUT2D eigenvalue weighted by atomic mass is 10.0. The molecule has 0 saturated carbocycles. The molecule has 1 atom stereocenters. The van der Waals surface area contributed by atoms with Gasteiger partial charge in [-0.2, -0.15) is 10.1 Å². The van der Waals surface area contributed by atoms with E-state index in [1.165, 1.54) is 24.8 Å². The maximum Gasteiger partial charge on any atom is 0.247 e. The SMILES string of the molecule is CCC1CCCCN1c1cnnc(N(CC)Cc2ccccc2)n1. The first-order valence-electron chi connectivity index (χ1n) is 9.07. The van der Waals surface area contributed by atoms with Gasteiger partial charge in [0, 0.05) is 25.7 Å². The molecule has 2 heterocycles. The van der Waals surface area contributed by atoms with E-state index in [4.69, 9.17) is 4.98 Å². The first kappa shape index (κ1) is 16.7. The van der Waals surface area contributed by atoms with Gasteiger partial charge in [-0.25, -0.2) is 0 Å². The molecule has 1 aromatic carbocycles. The summed E-state index contributed by atoms with van der Waals surface area (Å²) in [6.45, 7) is 7.12. The molecule has 0 radical (unpaired) electrons. The minimum absolute atomic E-state index is 0.576. The molecule has 5 heteroatoms. The van der Waals surface area contributed by atoms with E-state index in [0.717, 1.165) is 37.8 Å². The zero-order chi connectivity index (χ0) is 16.8. The van der Waals surface area contributed by atoms with E-state index < -0.39 is 0 Å². The average molecular weight is 325 g/mol. The van der Waals surface area contributed by atoms with Crippen LogP contribution in [0.2, 0.25) is 0 Å². The molecular weight excluding hydrogens is 298 g/mol. The van der Waals surface area contributed by atoms with Crippen molar-refractivity contribution in [1.82, 2.24) is 15.2 Å². The summed E-state index contributed by atoms with van der Waals surface area (Å²) < 4.78 is 0. The molecule has 1 fully saturated rings. The molecule has 0 N–H and O–H groups in total. The molecule has 128 valence electrons. The predicted molar refractivity (Wildman–Crippen MR) is 98.3 cm³/mol. The van der Waals surface area contributed by atoms with Crippen molar-refractivity contribution >= 4 is 11.8 Å². The number of benzene rings is 1. The van der Waals surface area contributed by atoms with E-state index in [1.807, 2.05) is 12.3 Å². The summed E-state index contributed by atoms with van der Waals surface area (Å²) in [5.41, 5.74) is 1.26. The van der Waals surface area contributed by atoms with Gasteiger partial charge in [-0.3, -0.25) is 0 Å². The third-order valence-corrected chi connectivity index (χ3v) is 4.81. The lowest BCUT2D eigenvalue weighted by Crippen LogP contribution is -2.40. The van der Waals surface area contributed by atoms with Crippen molar-refractivity contribution in [2.75, 3.05) is 22.9 Å². The van der Waals surface area contributed by atoms with Crippen LogP contribution in [0.4, 0.5) is 11.8 Å². The van der Waals surface area contributed by atoms with Gasteiger partial charge in [0.05, 0.1) is 6.20 Å². The number of anilines is 2. The zero-order valence-corrected chi connectivity index (χ0v) is 14.7.